The van der Waals surface area contributed by atoms with Crippen molar-refractivity contribution in [2.24, 2.45) is 21.6 Å². The van der Waals surface area contributed by atoms with Gasteiger partial charge in [0.05, 0.1) is 12.1 Å². The zero-order chi connectivity index (χ0) is 21.1. The fourth-order valence-electron chi connectivity index (χ4n) is 4.51. The maximum atomic E-state index is 13.4. The van der Waals surface area contributed by atoms with Crippen LogP contribution in [0.15, 0.2) is 46.5 Å². The fraction of sp³-hybridized carbons (Fsp3) is 0.455. The molecule has 1 heterocycles. The molecule has 3 rings (SSSR count). The number of aromatic nitrogens is 1. The van der Waals surface area contributed by atoms with Gasteiger partial charge in [-0.2, -0.15) is 0 Å². The van der Waals surface area contributed by atoms with Gasteiger partial charge >= 0.3 is 0 Å². The van der Waals surface area contributed by atoms with Crippen LogP contribution in [0.4, 0.5) is 10.2 Å². The lowest BCUT2D eigenvalue weighted by Gasteiger charge is -2.26. The Morgan fingerprint density at radius 2 is 1.97 bits per heavy atom. The highest BCUT2D eigenvalue weighted by Crippen LogP contribution is 2.46. The number of rotatable bonds is 7. The van der Waals surface area contributed by atoms with E-state index in [1.165, 1.54) is 12.1 Å². The van der Waals surface area contributed by atoms with Gasteiger partial charge in [-0.15, -0.1) is 0 Å². The second-order valence-corrected chi connectivity index (χ2v) is 7.61. The van der Waals surface area contributed by atoms with E-state index in [1.54, 1.807) is 19.2 Å². The van der Waals surface area contributed by atoms with Crippen LogP contribution in [-0.2, 0) is 0 Å². The highest BCUT2D eigenvalue weighted by atomic mass is 19.1. The summed E-state index contributed by atoms with van der Waals surface area (Å²) >= 11 is 0. The van der Waals surface area contributed by atoms with Crippen LogP contribution in [0.1, 0.15) is 42.9 Å². The van der Waals surface area contributed by atoms with Gasteiger partial charge in [-0.3, -0.25) is 4.99 Å². The number of aliphatic hydroxyl groups is 2. The number of benzene rings is 1. The predicted molar refractivity (Wildman–Crippen MR) is 114 cm³/mol. The zero-order valence-electron chi connectivity index (χ0n) is 16.9. The van der Waals surface area contributed by atoms with E-state index in [1.807, 2.05) is 23.8 Å². The Kier molecular flexibility index (Phi) is 6.62. The third-order valence-electron chi connectivity index (χ3n) is 6.11. The van der Waals surface area contributed by atoms with E-state index in [0.29, 0.717) is 25.2 Å². The first kappa shape index (κ1) is 21.4. The summed E-state index contributed by atoms with van der Waals surface area (Å²) in [5.41, 5.74) is 8.42. The first-order valence-corrected chi connectivity index (χ1v) is 9.85. The van der Waals surface area contributed by atoms with Crippen molar-refractivity contribution in [3.05, 3.63) is 53.5 Å². The lowest BCUT2D eigenvalue weighted by Crippen LogP contribution is -2.32. The number of hydrogen-bond acceptors (Lipinski definition) is 5. The average molecular weight is 400 g/mol. The molecular formula is C22H29FN4O2. The van der Waals surface area contributed by atoms with E-state index in [2.05, 4.69) is 16.7 Å². The van der Waals surface area contributed by atoms with E-state index >= 15 is 0 Å². The van der Waals surface area contributed by atoms with Crippen LogP contribution < -0.4 is 5.73 Å². The molecule has 0 unspecified atom stereocenters. The number of nitrogens with zero attached hydrogens (tertiary/aromatic N) is 3. The Morgan fingerprint density at radius 3 is 2.55 bits per heavy atom. The zero-order valence-corrected chi connectivity index (χ0v) is 16.9. The van der Waals surface area contributed by atoms with E-state index in [9.17, 15) is 14.6 Å². The molecule has 0 radical (unpaired) electrons. The molecule has 0 bridgehead atoms. The van der Waals surface area contributed by atoms with Crippen molar-refractivity contribution >= 4 is 18.2 Å². The molecule has 1 aliphatic rings. The first-order valence-electron chi connectivity index (χ1n) is 9.85. The largest absolute Gasteiger partial charge is 0.390 e. The molecular weight excluding hydrogens is 371 g/mol. The van der Waals surface area contributed by atoms with E-state index in [0.717, 1.165) is 16.8 Å². The Labute approximate surface area is 170 Å². The fourth-order valence-corrected chi connectivity index (χ4v) is 4.51. The van der Waals surface area contributed by atoms with Crippen LogP contribution >= 0.6 is 0 Å². The minimum atomic E-state index is -0.958. The van der Waals surface area contributed by atoms with Gasteiger partial charge in [-0.05, 0) is 68.6 Å². The Balaban J connectivity index is 1.94. The second kappa shape index (κ2) is 8.98. The molecule has 4 N–H and O–H groups in total. The van der Waals surface area contributed by atoms with Crippen molar-refractivity contribution in [1.82, 2.24) is 4.57 Å². The maximum Gasteiger partial charge on any atom is 0.141 e. The topological polar surface area (TPSA) is 96.1 Å². The van der Waals surface area contributed by atoms with Gasteiger partial charge in [0.1, 0.15) is 17.7 Å². The molecule has 0 spiro atoms. The average Bonchev–Trinajstić information content (AvgIpc) is 3.28. The smallest absolute Gasteiger partial charge is 0.141 e. The number of halogens is 1. The summed E-state index contributed by atoms with van der Waals surface area (Å²) in [6.07, 6.45) is 1.15. The van der Waals surface area contributed by atoms with Crippen LogP contribution in [0, 0.1) is 11.7 Å². The summed E-state index contributed by atoms with van der Waals surface area (Å²) in [5, 5.41) is 21.7. The highest BCUT2D eigenvalue weighted by Gasteiger charge is 2.46. The number of aliphatic imine (C=N–C) groups is 2. The summed E-state index contributed by atoms with van der Waals surface area (Å²) < 4.78 is 15.2. The maximum absolute atomic E-state index is 13.4. The number of nitrogens with two attached hydrogens (primary N) is 1. The number of hydrogen-bond donors (Lipinski definition) is 3. The summed E-state index contributed by atoms with van der Waals surface area (Å²) in [6, 6.07) is 7.84. The number of aliphatic hydroxyl groups excluding tert-OH is 2. The van der Waals surface area contributed by atoms with Crippen LogP contribution in [0.5, 0.6) is 0 Å². The summed E-state index contributed by atoms with van der Waals surface area (Å²) in [4.78, 5) is 8.37. The molecule has 0 saturated heterocycles. The Morgan fingerprint density at radius 1 is 1.28 bits per heavy atom. The van der Waals surface area contributed by atoms with Gasteiger partial charge in [-0.1, -0.05) is 12.1 Å². The molecule has 29 heavy (non-hydrogen) atoms. The SMILES string of the molecule is C=Nc1c(/C(C)=N\C)ccn1[C@H]1C[C@H]([C@H](CCN)c2ccc(F)cc2)[C@@H](O)[C@H]1O. The standard InChI is InChI=1S/C22H29FN4O2/c1-13(25-2)16-9-11-27(22(16)26-3)19-12-18(20(28)21(19)29)17(8-10-24)14-4-6-15(23)7-5-14/h4-7,9,11,17-21,28-29H,3,8,10,12,24H2,1-2H3/b25-13-/t17-,18-,19+,20-,21+/m1/s1. The van der Waals surface area contributed by atoms with Crippen LogP contribution in [-0.4, -0.2) is 53.0 Å². The van der Waals surface area contributed by atoms with Crippen molar-refractivity contribution < 1.29 is 14.6 Å². The van der Waals surface area contributed by atoms with E-state index < -0.39 is 12.2 Å². The van der Waals surface area contributed by atoms with Crippen LogP contribution in [0.25, 0.3) is 0 Å². The normalized spacial score (nSPS) is 25.9. The van der Waals surface area contributed by atoms with Gasteiger partial charge in [0.15, 0.2) is 0 Å². The molecule has 1 aromatic carbocycles. The Bertz CT molecular complexity index is 877. The summed E-state index contributed by atoms with van der Waals surface area (Å²) in [6.45, 7) is 6.00. The molecule has 1 saturated carbocycles. The molecule has 6 nitrogen and oxygen atoms in total. The van der Waals surface area contributed by atoms with Crippen molar-refractivity contribution in [3.8, 4) is 0 Å². The second-order valence-electron chi connectivity index (χ2n) is 7.61. The quantitative estimate of drug-likeness (QED) is 0.624. The Hall–Kier alpha value is -2.35. The minimum Gasteiger partial charge on any atom is -0.390 e. The molecule has 1 aromatic heterocycles. The van der Waals surface area contributed by atoms with E-state index in [4.69, 9.17) is 5.73 Å². The van der Waals surface area contributed by atoms with Crippen molar-refractivity contribution in [3.63, 3.8) is 0 Å². The molecule has 7 heteroatoms. The predicted octanol–water partition coefficient (Wildman–Crippen LogP) is 2.81. The summed E-state index contributed by atoms with van der Waals surface area (Å²) in [7, 11) is 1.71. The summed E-state index contributed by atoms with van der Waals surface area (Å²) in [5.74, 6) is 0.0274. The van der Waals surface area contributed by atoms with Gasteiger partial charge in [0, 0.05) is 24.5 Å². The van der Waals surface area contributed by atoms with E-state index in [-0.39, 0.29) is 23.7 Å². The minimum absolute atomic E-state index is 0.0793. The first-order chi connectivity index (χ1) is 13.9. The van der Waals surface area contributed by atoms with Crippen LogP contribution in [0.3, 0.4) is 0 Å². The lowest BCUT2D eigenvalue weighted by atomic mass is 9.81. The van der Waals surface area contributed by atoms with Crippen molar-refractivity contribution in [1.29, 1.82) is 0 Å². The van der Waals surface area contributed by atoms with Gasteiger partial charge < -0.3 is 20.5 Å². The van der Waals surface area contributed by atoms with Crippen molar-refractivity contribution in [2.75, 3.05) is 13.6 Å². The molecule has 0 aliphatic heterocycles. The third kappa shape index (κ3) is 4.03. The molecule has 5 atom stereocenters. The van der Waals surface area contributed by atoms with Gasteiger partial charge in [0.2, 0.25) is 0 Å². The monoisotopic (exact) mass is 400 g/mol. The molecule has 0 amide bonds. The van der Waals surface area contributed by atoms with Gasteiger partial charge in [0.25, 0.3) is 0 Å². The molecule has 1 aliphatic carbocycles. The molecule has 2 aromatic rings. The molecule has 1 fully saturated rings. The third-order valence-corrected chi connectivity index (χ3v) is 6.11. The van der Waals surface area contributed by atoms with Crippen molar-refractivity contribution in [2.45, 2.75) is 43.9 Å². The van der Waals surface area contributed by atoms with Gasteiger partial charge in [-0.25, -0.2) is 9.38 Å². The lowest BCUT2D eigenvalue weighted by molar-refractivity contribution is 0.00128. The van der Waals surface area contributed by atoms with Crippen LogP contribution in [0.2, 0.25) is 0 Å². The highest BCUT2D eigenvalue weighted by molar-refractivity contribution is 6.02. The molecule has 156 valence electrons.